The van der Waals surface area contributed by atoms with E-state index in [0.29, 0.717) is 18.6 Å². The number of aryl methyl sites for hydroxylation is 1. The lowest BCUT2D eigenvalue weighted by Crippen LogP contribution is -2.51. The van der Waals surface area contributed by atoms with Gasteiger partial charge < -0.3 is 19.9 Å². The van der Waals surface area contributed by atoms with Gasteiger partial charge in [-0.2, -0.15) is 0 Å². The average Bonchev–Trinajstić information content (AvgIpc) is 2.49. The van der Waals surface area contributed by atoms with Gasteiger partial charge in [-0.15, -0.1) is 0 Å². The Morgan fingerprint density at radius 1 is 1.48 bits per heavy atom. The van der Waals surface area contributed by atoms with E-state index in [4.69, 9.17) is 14.6 Å². The normalized spacial score (nSPS) is 21.0. The van der Waals surface area contributed by atoms with Crippen molar-refractivity contribution in [1.82, 2.24) is 5.32 Å². The van der Waals surface area contributed by atoms with E-state index in [0.717, 1.165) is 5.56 Å². The van der Waals surface area contributed by atoms with E-state index in [1.165, 1.54) is 12.1 Å². The molecule has 23 heavy (non-hydrogen) atoms. The number of hydrogen-bond acceptors (Lipinski definition) is 4. The van der Waals surface area contributed by atoms with Gasteiger partial charge in [0.2, 0.25) is 5.91 Å². The maximum atomic E-state index is 13.1. The Morgan fingerprint density at radius 3 is 2.96 bits per heavy atom. The highest BCUT2D eigenvalue weighted by molar-refractivity contribution is 5.79. The third-order valence-electron chi connectivity index (χ3n) is 3.72. The first-order valence-corrected chi connectivity index (χ1v) is 7.41. The number of carbonyl (C=O) groups is 2. The predicted octanol–water partition coefficient (Wildman–Crippen LogP) is 1.05. The lowest BCUT2D eigenvalue weighted by atomic mass is 10.0. The summed E-state index contributed by atoms with van der Waals surface area (Å²) in [4.78, 5) is 22.8. The van der Waals surface area contributed by atoms with Crippen LogP contribution >= 0.6 is 0 Å². The van der Waals surface area contributed by atoms with Crippen molar-refractivity contribution in [3.8, 4) is 0 Å². The molecule has 2 rings (SSSR count). The zero-order valence-electron chi connectivity index (χ0n) is 12.9. The summed E-state index contributed by atoms with van der Waals surface area (Å²) in [7, 11) is 0. The second-order valence-electron chi connectivity index (χ2n) is 5.53. The van der Waals surface area contributed by atoms with Gasteiger partial charge in [0.15, 0.2) is 0 Å². The Kier molecular flexibility index (Phi) is 6.06. The summed E-state index contributed by atoms with van der Waals surface area (Å²) in [5.41, 5.74) is 1.45. The number of hydrogen-bond donors (Lipinski definition) is 2. The van der Waals surface area contributed by atoms with E-state index in [9.17, 15) is 14.0 Å². The Labute approximate surface area is 133 Å². The summed E-state index contributed by atoms with van der Waals surface area (Å²) in [6.45, 7) is 2.08. The molecular formula is C16H20FNO5. The SMILES string of the molecule is Cc1cc(F)ccc1CC(=O)N[C@@H]1COCC[C@@H]1OCC(=O)O. The molecule has 2 N–H and O–H groups in total. The molecule has 1 aromatic rings. The van der Waals surface area contributed by atoms with Crippen LogP contribution in [0, 0.1) is 12.7 Å². The Hall–Kier alpha value is -1.99. The lowest BCUT2D eigenvalue weighted by molar-refractivity contribution is -0.148. The number of amides is 1. The maximum Gasteiger partial charge on any atom is 0.329 e. The molecule has 1 amide bonds. The standard InChI is InChI=1S/C16H20FNO5/c1-10-6-12(17)3-2-11(10)7-15(19)18-13-8-22-5-4-14(13)23-9-16(20)21/h2-3,6,13-14H,4-5,7-9H2,1H3,(H,18,19)(H,20,21)/t13-,14+/m1/s1. The molecule has 0 spiro atoms. The smallest absolute Gasteiger partial charge is 0.329 e. The van der Waals surface area contributed by atoms with Gasteiger partial charge in [-0.1, -0.05) is 6.07 Å². The van der Waals surface area contributed by atoms with Crippen molar-refractivity contribution in [3.63, 3.8) is 0 Å². The molecule has 0 aliphatic carbocycles. The van der Waals surface area contributed by atoms with Crippen LogP contribution in [0.5, 0.6) is 0 Å². The number of rotatable bonds is 6. The van der Waals surface area contributed by atoms with Gasteiger partial charge >= 0.3 is 5.97 Å². The number of halogens is 1. The van der Waals surface area contributed by atoms with Crippen LogP contribution in [0.15, 0.2) is 18.2 Å². The summed E-state index contributed by atoms with van der Waals surface area (Å²) in [5.74, 6) is -1.63. The number of carbonyl (C=O) groups excluding carboxylic acids is 1. The third kappa shape index (κ3) is 5.30. The Balaban J connectivity index is 1.92. The van der Waals surface area contributed by atoms with Gasteiger partial charge in [-0.05, 0) is 36.6 Å². The zero-order valence-corrected chi connectivity index (χ0v) is 12.9. The minimum atomic E-state index is -1.05. The van der Waals surface area contributed by atoms with Crippen molar-refractivity contribution in [3.05, 3.63) is 35.1 Å². The molecule has 1 aliphatic rings. The predicted molar refractivity (Wildman–Crippen MR) is 79.6 cm³/mol. The highest BCUT2D eigenvalue weighted by Crippen LogP contribution is 2.14. The summed E-state index contributed by atoms with van der Waals surface area (Å²) < 4.78 is 23.7. The molecule has 6 nitrogen and oxygen atoms in total. The van der Waals surface area contributed by atoms with Crippen LogP contribution in [0.3, 0.4) is 0 Å². The van der Waals surface area contributed by atoms with Crippen molar-refractivity contribution >= 4 is 11.9 Å². The number of carboxylic acids is 1. The molecule has 1 heterocycles. The monoisotopic (exact) mass is 325 g/mol. The number of carboxylic acid groups (broad SMARTS) is 1. The summed E-state index contributed by atoms with van der Waals surface area (Å²) in [5, 5.41) is 11.5. The van der Waals surface area contributed by atoms with Gasteiger partial charge in [0, 0.05) is 6.61 Å². The molecule has 1 aliphatic heterocycles. The van der Waals surface area contributed by atoms with E-state index in [1.807, 2.05) is 0 Å². The number of aliphatic carboxylic acids is 1. The highest BCUT2D eigenvalue weighted by atomic mass is 19.1. The molecule has 0 saturated carbocycles. The van der Waals surface area contributed by atoms with E-state index in [2.05, 4.69) is 5.32 Å². The molecule has 1 aromatic carbocycles. The second kappa shape index (κ2) is 8.03. The minimum Gasteiger partial charge on any atom is -0.480 e. The van der Waals surface area contributed by atoms with Gasteiger partial charge in [0.05, 0.1) is 25.2 Å². The van der Waals surface area contributed by atoms with Crippen LogP contribution < -0.4 is 5.32 Å². The fraction of sp³-hybridized carbons (Fsp3) is 0.500. The number of benzene rings is 1. The number of nitrogens with one attached hydrogen (secondary N) is 1. The molecule has 7 heteroatoms. The first-order valence-electron chi connectivity index (χ1n) is 7.41. The minimum absolute atomic E-state index is 0.119. The van der Waals surface area contributed by atoms with Crippen molar-refractivity contribution in [2.75, 3.05) is 19.8 Å². The van der Waals surface area contributed by atoms with Crippen LogP contribution in [-0.4, -0.2) is 48.9 Å². The Morgan fingerprint density at radius 2 is 2.26 bits per heavy atom. The summed E-state index contributed by atoms with van der Waals surface area (Å²) in [6, 6.07) is 3.89. The second-order valence-corrected chi connectivity index (χ2v) is 5.53. The summed E-state index contributed by atoms with van der Waals surface area (Å²) in [6.07, 6.45) is 0.250. The maximum absolute atomic E-state index is 13.1. The quantitative estimate of drug-likeness (QED) is 0.817. The Bertz CT molecular complexity index is 578. The van der Waals surface area contributed by atoms with E-state index in [-0.39, 0.29) is 24.8 Å². The van der Waals surface area contributed by atoms with E-state index in [1.54, 1.807) is 13.0 Å². The first-order chi connectivity index (χ1) is 11.0. The highest BCUT2D eigenvalue weighted by Gasteiger charge is 2.28. The molecule has 126 valence electrons. The van der Waals surface area contributed by atoms with Crippen LogP contribution in [0.1, 0.15) is 17.5 Å². The fourth-order valence-corrected chi connectivity index (χ4v) is 2.52. The topological polar surface area (TPSA) is 84.9 Å². The molecule has 2 atom stereocenters. The molecule has 0 unspecified atom stereocenters. The van der Waals surface area contributed by atoms with Crippen molar-refractivity contribution in [2.45, 2.75) is 31.9 Å². The molecular weight excluding hydrogens is 305 g/mol. The van der Waals surface area contributed by atoms with Gasteiger partial charge in [-0.25, -0.2) is 9.18 Å². The first kappa shape index (κ1) is 17.4. The van der Waals surface area contributed by atoms with Crippen LogP contribution in [-0.2, 0) is 25.5 Å². The van der Waals surface area contributed by atoms with Crippen molar-refractivity contribution in [2.24, 2.45) is 0 Å². The van der Waals surface area contributed by atoms with Gasteiger partial charge in [0.25, 0.3) is 0 Å². The van der Waals surface area contributed by atoms with Gasteiger partial charge in [-0.3, -0.25) is 4.79 Å². The van der Waals surface area contributed by atoms with Crippen LogP contribution in [0.25, 0.3) is 0 Å². The van der Waals surface area contributed by atoms with Gasteiger partial charge in [0.1, 0.15) is 12.4 Å². The average molecular weight is 325 g/mol. The largest absolute Gasteiger partial charge is 0.480 e. The number of ether oxygens (including phenoxy) is 2. The molecule has 1 saturated heterocycles. The van der Waals surface area contributed by atoms with Crippen LogP contribution in [0.2, 0.25) is 0 Å². The van der Waals surface area contributed by atoms with E-state index >= 15 is 0 Å². The molecule has 1 fully saturated rings. The van der Waals surface area contributed by atoms with Crippen molar-refractivity contribution in [1.29, 1.82) is 0 Å². The molecule has 0 aromatic heterocycles. The van der Waals surface area contributed by atoms with Crippen LogP contribution in [0.4, 0.5) is 4.39 Å². The summed E-state index contributed by atoms with van der Waals surface area (Å²) >= 11 is 0. The van der Waals surface area contributed by atoms with Crippen molar-refractivity contribution < 1.29 is 28.6 Å². The lowest BCUT2D eigenvalue weighted by Gasteiger charge is -2.31. The fourth-order valence-electron chi connectivity index (χ4n) is 2.52. The third-order valence-corrected chi connectivity index (χ3v) is 3.72. The zero-order chi connectivity index (χ0) is 16.8. The molecule has 0 radical (unpaired) electrons. The van der Waals surface area contributed by atoms with E-state index < -0.39 is 24.7 Å². The molecule has 0 bridgehead atoms.